The van der Waals surface area contributed by atoms with Crippen LogP contribution in [0.25, 0.3) is 0 Å². The van der Waals surface area contributed by atoms with Gasteiger partial charge in [-0.25, -0.2) is 0 Å². The topological polar surface area (TPSA) is 38.0 Å². The zero-order chi connectivity index (χ0) is 12.3. The molecule has 5 heteroatoms. The summed E-state index contributed by atoms with van der Waals surface area (Å²) in [4.78, 5) is 1.16. The molecule has 0 aliphatic heterocycles. The molecule has 0 saturated heterocycles. The van der Waals surface area contributed by atoms with E-state index in [-0.39, 0.29) is 6.04 Å². The average Bonchev–Trinajstić information content (AvgIpc) is 2.75. The Morgan fingerprint density at radius 1 is 1.24 bits per heavy atom. The summed E-state index contributed by atoms with van der Waals surface area (Å²) in [7, 11) is 0. The number of rotatable bonds is 4. The van der Waals surface area contributed by atoms with Gasteiger partial charge in [-0.1, -0.05) is 23.7 Å². The first-order valence-electron chi connectivity index (χ1n) is 5.15. The van der Waals surface area contributed by atoms with Gasteiger partial charge in [0.25, 0.3) is 0 Å². The van der Waals surface area contributed by atoms with Crippen LogP contribution in [0.5, 0.6) is 0 Å². The van der Waals surface area contributed by atoms with E-state index >= 15 is 0 Å². The third kappa shape index (κ3) is 3.66. The van der Waals surface area contributed by atoms with E-state index in [0.717, 1.165) is 15.6 Å². The number of nitrogens with two attached hydrogens (primary N) is 1. The van der Waals surface area contributed by atoms with Gasteiger partial charge in [-0.2, -0.15) is 0 Å². The van der Waals surface area contributed by atoms with Crippen molar-refractivity contribution < 1.29 is 0 Å². The van der Waals surface area contributed by atoms with Gasteiger partial charge in [-0.3, -0.25) is 11.3 Å². The molecule has 0 bridgehead atoms. The number of nitrogens with one attached hydrogen (secondary N) is 1. The molecule has 0 fully saturated rings. The predicted molar refractivity (Wildman–Crippen MR) is 82.3 cm³/mol. The van der Waals surface area contributed by atoms with Crippen molar-refractivity contribution in [2.24, 2.45) is 5.84 Å². The summed E-state index contributed by atoms with van der Waals surface area (Å²) in [6.07, 6.45) is 0.865. The molecule has 0 spiro atoms. The molecule has 90 valence electrons. The lowest BCUT2D eigenvalue weighted by molar-refractivity contribution is 0.560. The fourth-order valence-corrected chi connectivity index (χ4v) is 3.09. The molecule has 1 heterocycles. The van der Waals surface area contributed by atoms with Crippen LogP contribution in [-0.2, 0) is 6.42 Å². The van der Waals surface area contributed by atoms with E-state index in [2.05, 4.69) is 52.3 Å². The number of thiophene rings is 1. The van der Waals surface area contributed by atoms with Gasteiger partial charge < -0.3 is 0 Å². The van der Waals surface area contributed by atoms with Gasteiger partial charge in [0.2, 0.25) is 0 Å². The molecule has 2 rings (SSSR count). The summed E-state index contributed by atoms with van der Waals surface area (Å²) in [5.41, 5.74) is 4.11. The maximum Gasteiger partial charge on any atom is 0.0931 e. The Balaban J connectivity index is 2.12. The lowest BCUT2D eigenvalue weighted by Gasteiger charge is -2.14. The molecule has 0 radical (unpaired) electrons. The monoisotopic (exact) mass is 378 g/mol. The molecule has 1 unspecified atom stereocenters. The summed E-state index contributed by atoms with van der Waals surface area (Å²) in [6.45, 7) is 0. The molecule has 0 aliphatic carbocycles. The number of hydrogen-bond donors (Lipinski definition) is 2. The third-order valence-electron chi connectivity index (χ3n) is 2.49. The van der Waals surface area contributed by atoms with Gasteiger partial charge in [0.15, 0.2) is 0 Å². The molecule has 1 aromatic heterocycles. The molecule has 2 nitrogen and oxygen atoms in total. The second-order valence-corrected chi connectivity index (χ2v) is 6.68. The van der Waals surface area contributed by atoms with Crippen LogP contribution in [0.4, 0.5) is 0 Å². The first kappa shape index (κ1) is 13.3. The largest absolute Gasteiger partial charge is 0.271 e. The predicted octanol–water partition coefficient (Wildman–Crippen LogP) is 3.75. The van der Waals surface area contributed by atoms with Crippen LogP contribution in [0.3, 0.4) is 0 Å². The van der Waals surface area contributed by atoms with Crippen molar-refractivity contribution >= 4 is 45.5 Å². The smallest absolute Gasteiger partial charge is 0.0931 e. The number of hydrazine groups is 1. The van der Waals surface area contributed by atoms with Crippen LogP contribution in [0.1, 0.15) is 16.5 Å². The van der Waals surface area contributed by atoms with Crippen molar-refractivity contribution in [3.63, 3.8) is 0 Å². The molecule has 2 aromatic rings. The van der Waals surface area contributed by atoms with Crippen molar-refractivity contribution in [1.82, 2.24) is 5.43 Å². The van der Waals surface area contributed by atoms with E-state index in [1.165, 1.54) is 9.13 Å². The van der Waals surface area contributed by atoms with Crippen LogP contribution in [0.15, 0.2) is 36.4 Å². The highest BCUT2D eigenvalue weighted by Crippen LogP contribution is 2.28. The van der Waals surface area contributed by atoms with E-state index in [1.807, 2.05) is 12.1 Å². The van der Waals surface area contributed by atoms with Gasteiger partial charge in [0.1, 0.15) is 0 Å². The van der Waals surface area contributed by atoms with Crippen LogP contribution in [0, 0.1) is 3.57 Å². The third-order valence-corrected chi connectivity index (χ3v) is 4.56. The zero-order valence-corrected chi connectivity index (χ0v) is 12.7. The Morgan fingerprint density at radius 2 is 1.94 bits per heavy atom. The van der Waals surface area contributed by atoms with E-state index in [0.29, 0.717) is 0 Å². The average molecular weight is 379 g/mol. The summed E-state index contributed by atoms with van der Waals surface area (Å²) < 4.78 is 2.03. The highest BCUT2D eigenvalue weighted by Gasteiger charge is 2.12. The lowest BCUT2D eigenvalue weighted by Crippen LogP contribution is -2.28. The zero-order valence-electron chi connectivity index (χ0n) is 8.99. The van der Waals surface area contributed by atoms with Gasteiger partial charge >= 0.3 is 0 Å². The van der Waals surface area contributed by atoms with E-state index in [4.69, 9.17) is 17.4 Å². The van der Waals surface area contributed by atoms with Crippen molar-refractivity contribution in [2.45, 2.75) is 12.5 Å². The first-order valence-corrected chi connectivity index (χ1v) is 7.42. The minimum absolute atomic E-state index is 0.118. The van der Waals surface area contributed by atoms with Crippen LogP contribution >= 0.6 is 45.5 Å². The van der Waals surface area contributed by atoms with Crippen molar-refractivity contribution in [2.75, 3.05) is 0 Å². The summed E-state index contributed by atoms with van der Waals surface area (Å²) >= 11 is 9.80. The second-order valence-electron chi connectivity index (χ2n) is 3.69. The van der Waals surface area contributed by atoms with Crippen LogP contribution in [-0.4, -0.2) is 0 Å². The molecular weight excluding hydrogens is 367 g/mol. The molecule has 17 heavy (non-hydrogen) atoms. The van der Waals surface area contributed by atoms with E-state index in [1.54, 1.807) is 11.3 Å². The summed E-state index contributed by atoms with van der Waals surface area (Å²) in [6, 6.07) is 12.5. The highest BCUT2D eigenvalue weighted by molar-refractivity contribution is 14.1. The van der Waals surface area contributed by atoms with E-state index < -0.39 is 0 Å². The Labute approximate surface area is 123 Å². The Bertz CT molecular complexity index is 484. The van der Waals surface area contributed by atoms with Crippen molar-refractivity contribution in [1.29, 1.82) is 0 Å². The van der Waals surface area contributed by atoms with Crippen LogP contribution < -0.4 is 11.3 Å². The summed E-state index contributed by atoms with van der Waals surface area (Å²) in [5, 5.41) is 0. The number of halogens is 2. The fraction of sp³-hybridized carbons (Fsp3) is 0.167. The number of benzene rings is 1. The Morgan fingerprint density at radius 3 is 2.47 bits per heavy atom. The maximum absolute atomic E-state index is 5.93. The molecule has 0 aliphatic rings. The fourth-order valence-electron chi connectivity index (χ4n) is 1.61. The molecule has 0 amide bonds. The number of hydrogen-bond acceptors (Lipinski definition) is 3. The SMILES string of the molecule is NNC(Cc1ccc(I)cc1)c1ccc(Cl)s1. The van der Waals surface area contributed by atoms with Gasteiger partial charge in [0.05, 0.1) is 10.4 Å². The quantitative estimate of drug-likeness (QED) is 0.483. The van der Waals surface area contributed by atoms with Crippen LogP contribution in [0.2, 0.25) is 4.34 Å². The van der Waals surface area contributed by atoms with Gasteiger partial charge in [0, 0.05) is 8.45 Å². The standard InChI is InChI=1S/C12H12ClIN2S/c13-12-6-5-11(17-12)10(16-15)7-8-1-3-9(14)4-2-8/h1-6,10,16H,7,15H2. The molecule has 1 aromatic carbocycles. The minimum Gasteiger partial charge on any atom is -0.271 e. The molecule has 3 N–H and O–H groups in total. The maximum atomic E-state index is 5.93. The Hall–Kier alpha value is -0.140. The second kappa shape index (κ2) is 6.15. The first-order chi connectivity index (χ1) is 8.19. The molecule has 0 saturated carbocycles. The molecular formula is C12H12ClIN2S. The highest BCUT2D eigenvalue weighted by atomic mass is 127. The summed E-state index contributed by atoms with van der Waals surface area (Å²) in [5.74, 6) is 5.60. The van der Waals surface area contributed by atoms with E-state index in [9.17, 15) is 0 Å². The van der Waals surface area contributed by atoms with Gasteiger partial charge in [-0.05, 0) is 58.8 Å². The molecule has 1 atom stereocenters. The van der Waals surface area contributed by atoms with Gasteiger partial charge in [-0.15, -0.1) is 11.3 Å². The Kier molecular flexibility index (Phi) is 4.81. The van der Waals surface area contributed by atoms with Crippen molar-refractivity contribution in [3.05, 3.63) is 54.7 Å². The minimum atomic E-state index is 0.118. The van der Waals surface area contributed by atoms with Crippen molar-refractivity contribution in [3.8, 4) is 0 Å². The normalized spacial score (nSPS) is 12.6. The lowest BCUT2D eigenvalue weighted by atomic mass is 10.1.